The van der Waals surface area contributed by atoms with Gasteiger partial charge < -0.3 is 0 Å². The van der Waals surface area contributed by atoms with Gasteiger partial charge in [-0.15, -0.1) is 11.3 Å². The minimum Gasteiger partial charge on any atom is -0.132 e. The van der Waals surface area contributed by atoms with Gasteiger partial charge in [-0.1, -0.05) is 48.0 Å². The van der Waals surface area contributed by atoms with Gasteiger partial charge in [0.1, 0.15) is 0 Å². The molecule has 0 saturated heterocycles. The fourth-order valence-electron chi connectivity index (χ4n) is 2.63. The van der Waals surface area contributed by atoms with Crippen molar-refractivity contribution in [1.29, 1.82) is 0 Å². The van der Waals surface area contributed by atoms with Crippen LogP contribution in [0.15, 0.2) is 9.85 Å². The molecule has 0 spiro atoms. The highest BCUT2D eigenvalue weighted by atomic mass is 79.9. The van der Waals surface area contributed by atoms with Gasteiger partial charge in [-0.25, -0.2) is 0 Å². The van der Waals surface area contributed by atoms with E-state index >= 15 is 0 Å². The Bertz CT molecular complexity index is 332. The van der Waals surface area contributed by atoms with E-state index in [1.54, 1.807) is 0 Å². The first-order chi connectivity index (χ1) is 8.18. The Labute approximate surface area is 125 Å². The first-order valence-electron chi connectivity index (χ1n) is 6.58. The van der Waals surface area contributed by atoms with Crippen LogP contribution in [-0.4, -0.2) is 0 Å². The summed E-state index contributed by atoms with van der Waals surface area (Å²) >= 11 is 9.48. The van der Waals surface area contributed by atoms with Crippen LogP contribution in [0.3, 0.4) is 0 Å². The number of rotatable bonds is 2. The summed E-state index contributed by atoms with van der Waals surface area (Å²) in [6, 6.07) is 2.34. The molecule has 1 aliphatic rings. The maximum atomic E-state index is 3.94. The predicted molar refractivity (Wildman–Crippen MR) is 84.2 cm³/mol. The van der Waals surface area contributed by atoms with Crippen LogP contribution in [0.1, 0.15) is 60.2 Å². The molecule has 17 heavy (non-hydrogen) atoms. The van der Waals surface area contributed by atoms with Gasteiger partial charge in [-0.2, -0.15) is 0 Å². The lowest BCUT2D eigenvalue weighted by Gasteiger charge is -2.23. The third-order valence-electron chi connectivity index (χ3n) is 3.71. The zero-order valence-electron chi connectivity index (χ0n) is 10.3. The summed E-state index contributed by atoms with van der Waals surface area (Å²) < 4.78 is 1.29. The molecule has 0 amide bonds. The quantitative estimate of drug-likeness (QED) is 0.506. The fourth-order valence-corrected chi connectivity index (χ4v) is 5.22. The van der Waals surface area contributed by atoms with Gasteiger partial charge in [0.15, 0.2) is 0 Å². The van der Waals surface area contributed by atoms with Crippen molar-refractivity contribution in [3.63, 3.8) is 0 Å². The Kier molecular flexibility index (Phi) is 5.56. The van der Waals surface area contributed by atoms with E-state index in [9.17, 15) is 0 Å². The normalized spacial score (nSPS) is 20.9. The zero-order chi connectivity index (χ0) is 12.3. The first kappa shape index (κ1) is 14.1. The van der Waals surface area contributed by atoms with Crippen molar-refractivity contribution in [2.24, 2.45) is 5.92 Å². The van der Waals surface area contributed by atoms with E-state index in [1.807, 2.05) is 11.3 Å². The number of thiophene rings is 1. The second-order valence-corrected chi connectivity index (χ2v) is 8.50. The molecule has 0 nitrogen and oxygen atoms in total. The summed E-state index contributed by atoms with van der Waals surface area (Å²) in [6.07, 6.45) is 9.93. The van der Waals surface area contributed by atoms with Crippen molar-refractivity contribution < 1.29 is 0 Å². The lowest BCUT2D eigenvalue weighted by Crippen LogP contribution is -2.09. The van der Waals surface area contributed by atoms with Crippen molar-refractivity contribution >= 4 is 43.2 Å². The van der Waals surface area contributed by atoms with Gasteiger partial charge in [-0.05, 0) is 53.2 Å². The average Bonchev–Trinajstić information content (AvgIpc) is 2.58. The van der Waals surface area contributed by atoms with Crippen molar-refractivity contribution in [2.45, 2.75) is 56.7 Å². The van der Waals surface area contributed by atoms with E-state index < -0.39 is 0 Å². The van der Waals surface area contributed by atoms with Crippen LogP contribution < -0.4 is 0 Å². The van der Waals surface area contributed by atoms with Crippen molar-refractivity contribution in [3.8, 4) is 0 Å². The number of alkyl halides is 1. The third kappa shape index (κ3) is 3.81. The number of hydrogen-bond acceptors (Lipinski definition) is 1. The van der Waals surface area contributed by atoms with Gasteiger partial charge >= 0.3 is 0 Å². The maximum Gasteiger partial charge on any atom is 0.0730 e. The second-order valence-electron chi connectivity index (χ2n) is 5.11. The molecule has 96 valence electrons. The Balaban J connectivity index is 2.04. The molecule has 1 aromatic rings. The highest BCUT2D eigenvalue weighted by Crippen LogP contribution is 2.43. The van der Waals surface area contributed by atoms with E-state index in [0.717, 1.165) is 5.92 Å². The van der Waals surface area contributed by atoms with Crippen LogP contribution in [0.4, 0.5) is 0 Å². The lowest BCUT2D eigenvalue weighted by molar-refractivity contribution is 0.376. The molecule has 1 atom stereocenters. The van der Waals surface area contributed by atoms with Gasteiger partial charge in [0.25, 0.3) is 0 Å². The molecule has 0 radical (unpaired) electrons. The molecule has 1 saturated carbocycles. The van der Waals surface area contributed by atoms with E-state index in [2.05, 4.69) is 44.8 Å². The van der Waals surface area contributed by atoms with Crippen molar-refractivity contribution in [3.05, 3.63) is 20.3 Å². The van der Waals surface area contributed by atoms with Crippen LogP contribution in [0.5, 0.6) is 0 Å². The van der Waals surface area contributed by atoms with Gasteiger partial charge in [-0.3, -0.25) is 0 Å². The fraction of sp³-hybridized carbons (Fsp3) is 0.714. The number of halogens is 2. The lowest BCUT2D eigenvalue weighted by atomic mass is 9.88. The largest absolute Gasteiger partial charge is 0.132 e. The molecular formula is C14H20Br2S. The van der Waals surface area contributed by atoms with Crippen LogP contribution in [0, 0.1) is 12.8 Å². The van der Waals surface area contributed by atoms with Gasteiger partial charge in [0, 0.05) is 4.88 Å². The molecular weight excluding hydrogens is 360 g/mol. The first-order valence-corrected chi connectivity index (χ1v) is 9.11. The molecule has 3 heteroatoms. The van der Waals surface area contributed by atoms with Crippen LogP contribution in [0.25, 0.3) is 0 Å². The molecule has 0 N–H and O–H groups in total. The van der Waals surface area contributed by atoms with Gasteiger partial charge in [0.05, 0.1) is 8.61 Å². The zero-order valence-corrected chi connectivity index (χ0v) is 14.3. The van der Waals surface area contributed by atoms with E-state index in [0.29, 0.717) is 4.83 Å². The molecule has 2 rings (SSSR count). The van der Waals surface area contributed by atoms with Crippen LogP contribution in [0.2, 0.25) is 0 Å². The summed E-state index contributed by atoms with van der Waals surface area (Å²) in [6.45, 7) is 2.18. The molecule has 1 heterocycles. The monoisotopic (exact) mass is 378 g/mol. The van der Waals surface area contributed by atoms with Crippen LogP contribution in [-0.2, 0) is 0 Å². The average molecular weight is 380 g/mol. The maximum absolute atomic E-state index is 3.94. The van der Waals surface area contributed by atoms with E-state index in [-0.39, 0.29) is 0 Å². The summed E-state index contributed by atoms with van der Waals surface area (Å²) in [5.74, 6) is 0.834. The summed E-state index contributed by atoms with van der Waals surface area (Å²) in [5, 5.41) is 0. The molecule has 1 unspecified atom stereocenters. The Morgan fingerprint density at radius 2 is 1.76 bits per heavy atom. The van der Waals surface area contributed by atoms with E-state index in [1.165, 1.54) is 59.2 Å². The van der Waals surface area contributed by atoms with E-state index in [4.69, 9.17) is 0 Å². The summed E-state index contributed by atoms with van der Waals surface area (Å²) in [7, 11) is 0. The Hall–Kier alpha value is 0.660. The van der Waals surface area contributed by atoms with Gasteiger partial charge in [0.2, 0.25) is 0 Å². The Morgan fingerprint density at radius 3 is 2.29 bits per heavy atom. The molecule has 0 aliphatic heterocycles. The molecule has 0 bridgehead atoms. The summed E-state index contributed by atoms with van der Waals surface area (Å²) in [5.41, 5.74) is 1.38. The standard InChI is InChI=1S/C14H20Br2S/c1-10-9-12(17-14(10)16)13(15)11-7-5-3-2-4-6-8-11/h9,11,13H,2-8H2,1H3. The van der Waals surface area contributed by atoms with Crippen molar-refractivity contribution in [2.75, 3.05) is 0 Å². The number of hydrogen-bond donors (Lipinski definition) is 0. The highest BCUT2D eigenvalue weighted by molar-refractivity contribution is 9.11. The molecule has 1 aromatic heterocycles. The SMILES string of the molecule is Cc1cc(C(Br)C2CCCCCCC2)sc1Br. The number of aryl methyl sites for hydroxylation is 1. The van der Waals surface area contributed by atoms with Crippen LogP contribution >= 0.6 is 43.2 Å². The smallest absolute Gasteiger partial charge is 0.0730 e. The summed E-state index contributed by atoms with van der Waals surface area (Å²) in [4.78, 5) is 2.07. The Morgan fingerprint density at radius 1 is 1.18 bits per heavy atom. The van der Waals surface area contributed by atoms with Crippen molar-refractivity contribution in [1.82, 2.24) is 0 Å². The second kappa shape index (κ2) is 6.72. The minimum absolute atomic E-state index is 0.565. The third-order valence-corrected chi connectivity index (χ3v) is 7.48. The predicted octanol–water partition coefficient (Wildman–Crippen LogP) is 6.62. The highest BCUT2D eigenvalue weighted by Gasteiger charge is 2.23. The minimum atomic E-state index is 0.565. The molecule has 1 aliphatic carbocycles. The molecule has 0 aromatic carbocycles. The molecule has 1 fully saturated rings. The topological polar surface area (TPSA) is 0 Å².